The maximum Gasteiger partial charge on any atom is 0.336 e. The van der Waals surface area contributed by atoms with Crippen LogP contribution < -0.4 is 5.32 Å². The number of carbonyl (C=O) groups is 1. The molecule has 0 aromatic heterocycles. The fourth-order valence-electron chi connectivity index (χ4n) is 2.24. The number of rotatable bonds is 4. The Morgan fingerprint density at radius 1 is 1.55 bits per heavy atom. The lowest BCUT2D eigenvalue weighted by Crippen LogP contribution is -2.30. The summed E-state index contributed by atoms with van der Waals surface area (Å²) < 4.78 is 5.34. The topological polar surface area (TPSA) is 102 Å². The summed E-state index contributed by atoms with van der Waals surface area (Å²) in [5, 5.41) is 23.2. The van der Waals surface area contributed by atoms with E-state index >= 15 is 0 Å². The van der Waals surface area contributed by atoms with Crippen molar-refractivity contribution in [3.05, 3.63) is 33.4 Å². The van der Waals surface area contributed by atoms with Crippen LogP contribution in [0.3, 0.4) is 0 Å². The van der Waals surface area contributed by atoms with Gasteiger partial charge < -0.3 is 15.2 Å². The smallest absolute Gasteiger partial charge is 0.336 e. The standard InChI is InChI=1S/C13H16N2O5/c1-8-11(14-10-3-2-4-20-7-10)5-9(13(16)17)6-12(8)15(18)19/h5-6,10,14H,2-4,7H2,1H3,(H,16,17). The zero-order valence-electron chi connectivity index (χ0n) is 11.1. The number of nitrogens with zero attached hydrogens (tertiary/aromatic N) is 1. The van der Waals surface area contributed by atoms with E-state index in [0.29, 0.717) is 24.5 Å². The van der Waals surface area contributed by atoms with Gasteiger partial charge in [-0.3, -0.25) is 10.1 Å². The largest absolute Gasteiger partial charge is 0.478 e. The van der Waals surface area contributed by atoms with Gasteiger partial charge in [-0.05, 0) is 25.8 Å². The molecular weight excluding hydrogens is 264 g/mol. The number of hydrogen-bond donors (Lipinski definition) is 2. The number of carboxylic acids is 1. The Kier molecular flexibility index (Phi) is 4.19. The molecule has 0 radical (unpaired) electrons. The van der Waals surface area contributed by atoms with Crippen molar-refractivity contribution in [2.24, 2.45) is 0 Å². The van der Waals surface area contributed by atoms with Crippen LogP contribution in [0, 0.1) is 17.0 Å². The molecule has 1 atom stereocenters. The Hall–Kier alpha value is -2.15. The molecule has 1 unspecified atom stereocenters. The first-order valence-electron chi connectivity index (χ1n) is 6.35. The fraction of sp³-hybridized carbons (Fsp3) is 0.462. The van der Waals surface area contributed by atoms with Crippen LogP contribution in [0.2, 0.25) is 0 Å². The molecule has 1 aliphatic heterocycles. The summed E-state index contributed by atoms with van der Waals surface area (Å²) in [5.41, 5.74) is 0.628. The van der Waals surface area contributed by atoms with Gasteiger partial charge in [-0.2, -0.15) is 0 Å². The van der Waals surface area contributed by atoms with Gasteiger partial charge in [-0.15, -0.1) is 0 Å². The van der Waals surface area contributed by atoms with E-state index in [4.69, 9.17) is 9.84 Å². The molecule has 7 heteroatoms. The zero-order chi connectivity index (χ0) is 14.7. The Morgan fingerprint density at radius 3 is 2.85 bits per heavy atom. The van der Waals surface area contributed by atoms with Crippen molar-refractivity contribution in [1.29, 1.82) is 0 Å². The number of nitro groups is 1. The lowest BCUT2D eigenvalue weighted by Gasteiger charge is -2.25. The van der Waals surface area contributed by atoms with Crippen LogP contribution >= 0.6 is 0 Å². The molecule has 0 saturated carbocycles. The monoisotopic (exact) mass is 280 g/mol. The van der Waals surface area contributed by atoms with Crippen molar-refractivity contribution in [1.82, 2.24) is 0 Å². The second-order valence-electron chi connectivity index (χ2n) is 4.79. The van der Waals surface area contributed by atoms with Crippen LogP contribution in [0.4, 0.5) is 11.4 Å². The maximum atomic E-state index is 11.1. The van der Waals surface area contributed by atoms with Crippen molar-refractivity contribution in [2.75, 3.05) is 18.5 Å². The number of nitro benzene ring substituents is 1. The summed E-state index contributed by atoms with van der Waals surface area (Å²) in [7, 11) is 0. The first-order chi connectivity index (χ1) is 9.49. The molecule has 1 aromatic carbocycles. The van der Waals surface area contributed by atoms with E-state index in [0.717, 1.165) is 18.9 Å². The predicted molar refractivity (Wildman–Crippen MR) is 72.3 cm³/mol. The van der Waals surface area contributed by atoms with Crippen LogP contribution in [0.25, 0.3) is 0 Å². The normalized spacial score (nSPS) is 18.6. The molecule has 1 aromatic rings. The summed E-state index contributed by atoms with van der Waals surface area (Å²) in [6.07, 6.45) is 1.81. The number of benzene rings is 1. The highest BCUT2D eigenvalue weighted by Crippen LogP contribution is 2.29. The molecular formula is C13H16N2O5. The molecule has 0 aliphatic carbocycles. The highest BCUT2D eigenvalue weighted by molar-refractivity contribution is 5.90. The summed E-state index contributed by atoms with van der Waals surface area (Å²) in [6, 6.07) is 2.56. The highest BCUT2D eigenvalue weighted by Gasteiger charge is 2.21. The lowest BCUT2D eigenvalue weighted by atomic mass is 10.0. The minimum Gasteiger partial charge on any atom is -0.478 e. The zero-order valence-corrected chi connectivity index (χ0v) is 11.1. The van der Waals surface area contributed by atoms with Gasteiger partial charge in [-0.25, -0.2) is 4.79 Å². The quantitative estimate of drug-likeness (QED) is 0.647. The van der Waals surface area contributed by atoms with E-state index in [1.165, 1.54) is 6.07 Å². The molecule has 2 rings (SSSR count). The van der Waals surface area contributed by atoms with Gasteiger partial charge in [0.05, 0.1) is 17.1 Å². The van der Waals surface area contributed by atoms with Crippen molar-refractivity contribution < 1.29 is 19.6 Å². The number of nitrogens with one attached hydrogen (secondary N) is 1. The fourth-order valence-corrected chi connectivity index (χ4v) is 2.24. The minimum atomic E-state index is -1.18. The third kappa shape index (κ3) is 3.05. The molecule has 0 amide bonds. The first kappa shape index (κ1) is 14.3. The van der Waals surface area contributed by atoms with E-state index in [9.17, 15) is 14.9 Å². The van der Waals surface area contributed by atoms with E-state index < -0.39 is 10.9 Å². The van der Waals surface area contributed by atoms with Gasteiger partial charge in [0, 0.05) is 30.0 Å². The van der Waals surface area contributed by atoms with Crippen molar-refractivity contribution >= 4 is 17.3 Å². The van der Waals surface area contributed by atoms with E-state index in [-0.39, 0.29) is 17.3 Å². The maximum absolute atomic E-state index is 11.1. The number of anilines is 1. The van der Waals surface area contributed by atoms with Crippen molar-refractivity contribution in [3.8, 4) is 0 Å². The van der Waals surface area contributed by atoms with Gasteiger partial charge >= 0.3 is 5.97 Å². The number of carboxylic acid groups (broad SMARTS) is 1. The number of ether oxygens (including phenoxy) is 1. The summed E-state index contributed by atoms with van der Waals surface area (Å²) >= 11 is 0. The predicted octanol–water partition coefficient (Wildman–Crippen LogP) is 2.19. The first-order valence-corrected chi connectivity index (χ1v) is 6.35. The molecule has 1 fully saturated rings. The van der Waals surface area contributed by atoms with Gasteiger partial charge in [0.25, 0.3) is 5.69 Å². The Labute approximate surface area is 115 Å². The third-order valence-corrected chi connectivity index (χ3v) is 3.34. The summed E-state index contributed by atoms with van der Waals surface area (Å²) in [4.78, 5) is 21.5. The second kappa shape index (κ2) is 5.87. The van der Waals surface area contributed by atoms with Crippen LogP contribution in [-0.4, -0.2) is 35.3 Å². The molecule has 2 N–H and O–H groups in total. The Bertz CT molecular complexity index is 538. The summed E-state index contributed by atoms with van der Waals surface area (Å²) in [6.45, 7) is 2.84. The molecule has 0 spiro atoms. The number of aromatic carboxylic acids is 1. The molecule has 108 valence electrons. The molecule has 1 aliphatic rings. The van der Waals surface area contributed by atoms with Gasteiger partial charge in [0.15, 0.2) is 0 Å². The van der Waals surface area contributed by atoms with Gasteiger partial charge in [-0.1, -0.05) is 0 Å². The van der Waals surface area contributed by atoms with Crippen molar-refractivity contribution in [2.45, 2.75) is 25.8 Å². The van der Waals surface area contributed by atoms with Crippen LogP contribution in [0.5, 0.6) is 0 Å². The Morgan fingerprint density at radius 2 is 2.30 bits per heavy atom. The third-order valence-electron chi connectivity index (χ3n) is 3.34. The van der Waals surface area contributed by atoms with E-state index in [2.05, 4.69) is 5.32 Å². The molecule has 1 heterocycles. The van der Waals surface area contributed by atoms with E-state index in [1.807, 2.05) is 0 Å². The van der Waals surface area contributed by atoms with E-state index in [1.54, 1.807) is 6.92 Å². The lowest BCUT2D eigenvalue weighted by molar-refractivity contribution is -0.385. The Balaban J connectivity index is 2.34. The van der Waals surface area contributed by atoms with Crippen molar-refractivity contribution in [3.63, 3.8) is 0 Å². The second-order valence-corrected chi connectivity index (χ2v) is 4.79. The molecule has 7 nitrogen and oxygen atoms in total. The summed E-state index contributed by atoms with van der Waals surface area (Å²) in [5.74, 6) is -1.18. The molecule has 20 heavy (non-hydrogen) atoms. The molecule has 0 bridgehead atoms. The van der Waals surface area contributed by atoms with Crippen LogP contribution in [0.15, 0.2) is 12.1 Å². The average molecular weight is 280 g/mol. The average Bonchev–Trinajstić information content (AvgIpc) is 2.41. The van der Waals surface area contributed by atoms with Gasteiger partial charge in [0.1, 0.15) is 0 Å². The molecule has 1 saturated heterocycles. The number of hydrogen-bond acceptors (Lipinski definition) is 5. The highest BCUT2D eigenvalue weighted by atomic mass is 16.6. The van der Waals surface area contributed by atoms with Crippen LogP contribution in [-0.2, 0) is 4.74 Å². The SMILES string of the molecule is Cc1c(NC2CCCOC2)cc(C(=O)O)cc1[N+](=O)[O-]. The minimum absolute atomic E-state index is 0.0473. The van der Waals surface area contributed by atoms with Crippen LogP contribution in [0.1, 0.15) is 28.8 Å². The van der Waals surface area contributed by atoms with Gasteiger partial charge in [0.2, 0.25) is 0 Å².